The molecule has 0 aliphatic heterocycles. The lowest BCUT2D eigenvalue weighted by Crippen LogP contribution is -2.23. The summed E-state index contributed by atoms with van der Waals surface area (Å²) in [6, 6.07) is 24.4. The third-order valence-corrected chi connectivity index (χ3v) is 3.92. The predicted molar refractivity (Wildman–Crippen MR) is 98.0 cm³/mol. The van der Waals surface area contributed by atoms with Gasteiger partial charge in [-0.25, -0.2) is 0 Å². The van der Waals surface area contributed by atoms with Gasteiger partial charge in [0.25, 0.3) is 5.91 Å². The molecule has 0 spiro atoms. The van der Waals surface area contributed by atoms with Crippen LogP contribution in [0.25, 0.3) is 11.1 Å². The van der Waals surface area contributed by atoms with Crippen LogP contribution in [-0.2, 0) is 6.54 Å². The van der Waals surface area contributed by atoms with Gasteiger partial charge in [-0.1, -0.05) is 54.6 Å². The molecule has 0 atom stereocenters. The van der Waals surface area contributed by atoms with E-state index in [0.29, 0.717) is 17.7 Å². The van der Waals surface area contributed by atoms with E-state index in [1.165, 1.54) is 0 Å². The summed E-state index contributed by atoms with van der Waals surface area (Å²) < 4.78 is 0. The van der Waals surface area contributed by atoms with E-state index >= 15 is 0 Å². The van der Waals surface area contributed by atoms with Crippen molar-refractivity contribution >= 4 is 11.8 Å². The molecule has 0 unspecified atom stereocenters. The van der Waals surface area contributed by atoms with Crippen LogP contribution in [0, 0.1) is 0 Å². The molecule has 0 aliphatic carbocycles. The number of carbonyl (C=O) groups excluding carboxylic acids is 2. The molecule has 3 aromatic rings. The van der Waals surface area contributed by atoms with Gasteiger partial charge in [0.1, 0.15) is 0 Å². The van der Waals surface area contributed by atoms with Crippen molar-refractivity contribution in [2.24, 2.45) is 5.73 Å². The Bertz CT molecular complexity index is 887. The summed E-state index contributed by atoms with van der Waals surface area (Å²) in [5.41, 5.74) is 9.28. The summed E-state index contributed by atoms with van der Waals surface area (Å²) in [4.78, 5) is 23.5. The second kappa shape index (κ2) is 7.45. The van der Waals surface area contributed by atoms with Crippen molar-refractivity contribution in [3.8, 4) is 11.1 Å². The van der Waals surface area contributed by atoms with Crippen molar-refractivity contribution < 1.29 is 9.59 Å². The van der Waals surface area contributed by atoms with Crippen LogP contribution in [0.3, 0.4) is 0 Å². The highest BCUT2D eigenvalue weighted by molar-refractivity contribution is 5.95. The number of hydrogen-bond donors (Lipinski definition) is 2. The molecular formula is C21H18N2O2. The highest BCUT2D eigenvalue weighted by Gasteiger charge is 2.07. The van der Waals surface area contributed by atoms with E-state index in [4.69, 9.17) is 5.73 Å². The molecule has 124 valence electrons. The third-order valence-electron chi connectivity index (χ3n) is 3.92. The predicted octanol–water partition coefficient (Wildman–Crippen LogP) is 3.38. The second-order valence-electron chi connectivity index (χ2n) is 5.69. The maximum absolute atomic E-state index is 12.3. The van der Waals surface area contributed by atoms with Crippen LogP contribution in [0.2, 0.25) is 0 Å². The maximum atomic E-state index is 12.3. The molecule has 3 N–H and O–H groups in total. The molecule has 0 bridgehead atoms. The summed E-state index contributed by atoms with van der Waals surface area (Å²) in [5, 5.41) is 2.85. The lowest BCUT2D eigenvalue weighted by Gasteiger charge is -2.07. The Balaban J connectivity index is 1.65. The molecule has 2 amide bonds. The third kappa shape index (κ3) is 4.12. The standard InChI is InChI=1S/C21H18N2O2/c22-20(24)19-8-4-5-15(13-19)14-23-21(25)18-11-9-17(10-12-18)16-6-2-1-3-7-16/h1-13H,14H2,(H2,22,24)(H,23,25). The van der Waals surface area contributed by atoms with Gasteiger partial charge in [-0.05, 0) is 41.0 Å². The first kappa shape index (κ1) is 16.5. The SMILES string of the molecule is NC(=O)c1cccc(CNC(=O)c2ccc(-c3ccccc3)cc2)c1. The average Bonchev–Trinajstić information content (AvgIpc) is 2.67. The van der Waals surface area contributed by atoms with Crippen molar-refractivity contribution in [3.63, 3.8) is 0 Å². The molecule has 0 aromatic heterocycles. The summed E-state index contributed by atoms with van der Waals surface area (Å²) >= 11 is 0. The van der Waals surface area contributed by atoms with Gasteiger partial charge in [-0.15, -0.1) is 0 Å². The molecule has 3 rings (SSSR count). The van der Waals surface area contributed by atoms with E-state index in [0.717, 1.165) is 16.7 Å². The molecule has 0 heterocycles. The normalized spacial score (nSPS) is 10.2. The van der Waals surface area contributed by atoms with Crippen LogP contribution >= 0.6 is 0 Å². The van der Waals surface area contributed by atoms with Gasteiger partial charge in [0.15, 0.2) is 0 Å². The van der Waals surface area contributed by atoms with E-state index in [1.807, 2.05) is 48.5 Å². The maximum Gasteiger partial charge on any atom is 0.251 e. The fourth-order valence-electron chi connectivity index (χ4n) is 2.56. The lowest BCUT2D eigenvalue weighted by molar-refractivity contribution is 0.0950. The Hall–Kier alpha value is -3.40. The number of benzene rings is 3. The van der Waals surface area contributed by atoms with Crippen molar-refractivity contribution in [1.29, 1.82) is 0 Å². The first-order valence-electron chi connectivity index (χ1n) is 7.96. The summed E-state index contributed by atoms with van der Waals surface area (Å²) in [6.45, 7) is 0.334. The Kier molecular flexibility index (Phi) is 4.90. The van der Waals surface area contributed by atoms with Crippen LogP contribution < -0.4 is 11.1 Å². The minimum atomic E-state index is -0.482. The van der Waals surface area contributed by atoms with Crippen LogP contribution in [-0.4, -0.2) is 11.8 Å². The second-order valence-corrected chi connectivity index (χ2v) is 5.69. The van der Waals surface area contributed by atoms with Gasteiger partial charge in [-0.2, -0.15) is 0 Å². The van der Waals surface area contributed by atoms with Crippen LogP contribution in [0.1, 0.15) is 26.3 Å². The Labute approximate surface area is 146 Å². The number of carbonyl (C=O) groups is 2. The summed E-state index contributed by atoms with van der Waals surface area (Å²) in [7, 11) is 0. The fraction of sp³-hybridized carbons (Fsp3) is 0.0476. The minimum Gasteiger partial charge on any atom is -0.366 e. The first-order valence-corrected chi connectivity index (χ1v) is 7.96. The number of nitrogens with one attached hydrogen (secondary N) is 1. The Morgan fingerprint density at radius 1 is 0.760 bits per heavy atom. The van der Waals surface area contributed by atoms with Crippen LogP contribution in [0.5, 0.6) is 0 Å². The minimum absolute atomic E-state index is 0.163. The Morgan fingerprint density at radius 3 is 2.12 bits per heavy atom. The zero-order valence-corrected chi connectivity index (χ0v) is 13.6. The van der Waals surface area contributed by atoms with Crippen LogP contribution in [0.4, 0.5) is 0 Å². The Morgan fingerprint density at radius 2 is 1.44 bits per heavy atom. The van der Waals surface area contributed by atoms with Gasteiger partial charge in [0, 0.05) is 17.7 Å². The number of hydrogen-bond acceptors (Lipinski definition) is 2. The molecule has 0 aliphatic rings. The van der Waals surface area contributed by atoms with Gasteiger partial charge in [0.2, 0.25) is 5.91 Å². The molecular weight excluding hydrogens is 312 g/mol. The van der Waals surface area contributed by atoms with E-state index < -0.39 is 5.91 Å². The molecule has 0 saturated carbocycles. The quantitative estimate of drug-likeness (QED) is 0.753. The topological polar surface area (TPSA) is 72.2 Å². The average molecular weight is 330 g/mol. The zero-order chi connectivity index (χ0) is 17.6. The first-order chi connectivity index (χ1) is 12.1. The smallest absolute Gasteiger partial charge is 0.251 e. The van der Waals surface area contributed by atoms with Crippen molar-refractivity contribution in [3.05, 3.63) is 95.6 Å². The molecule has 0 saturated heterocycles. The monoisotopic (exact) mass is 330 g/mol. The molecule has 25 heavy (non-hydrogen) atoms. The van der Waals surface area contributed by atoms with E-state index in [1.54, 1.807) is 30.3 Å². The lowest BCUT2D eigenvalue weighted by atomic mass is 10.0. The molecule has 3 aromatic carbocycles. The van der Waals surface area contributed by atoms with Crippen LogP contribution in [0.15, 0.2) is 78.9 Å². The summed E-state index contributed by atoms with van der Waals surface area (Å²) in [6.07, 6.45) is 0. The number of amides is 2. The van der Waals surface area contributed by atoms with Crippen molar-refractivity contribution in [1.82, 2.24) is 5.32 Å². The summed E-state index contributed by atoms with van der Waals surface area (Å²) in [5.74, 6) is -0.645. The van der Waals surface area contributed by atoms with Gasteiger partial charge in [0.05, 0.1) is 0 Å². The molecule has 0 radical (unpaired) electrons. The number of primary amides is 1. The molecule has 4 nitrogen and oxygen atoms in total. The van der Waals surface area contributed by atoms with Crippen molar-refractivity contribution in [2.45, 2.75) is 6.54 Å². The van der Waals surface area contributed by atoms with Gasteiger partial charge < -0.3 is 11.1 Å². The molecule has 0 fully saturated rings. The number of nitrogens with two attached hydrogens (primary N) is 1. The zero-order valence-electron chi connectivity index (χ0n) is 13.6. The van der Waals surface area contributed by atoms with Gasteiger partial charge in [-0.3, -0.25) is 9.59 Å². The van der Waals surface area contributed by atoms with Gasteiger partial charge >= 0.3 is 0 Å². The van der Waals surface area contributed by atoms with E-state index in [2.05, 4.69) is 5.32 Å². The highest BCUT2D eigenvalue weighted by atomic mass is 16.2. The van der Waals surface area contributed by atoms with E-state index in [9.17, 15) is 9.59 Å². The largest absolute Gasteiger partial charge is 0.366 e. The highest BCUT2D eigenvalue weighted by Crippen LogP contribution is 2.19. The van der Waals surface area contributed by atoms with E-state index in [-0.39, 0.29) is 5.91 Å². The fourth-order valence-corrected chi connectivity index (χ4v) is 2.56. The van der Waals surface area contributed by atoms with Crippen molar-refractivity contribution in [2.75, 3.05) is 0 Å². The number of rotatable bonds is 5. The molecule has 4 heteroatoms.